The predicted octanol–water partition coefficient (Wildman–Crippen LogP) is 6.95. The zero-order valence-electron chi connectivity index (χ0n) is 24.2. The van der Waals surface area contributed by atoms with Gasteiger partial charge in [-0.25, -0.2) is 5.01 Å². The Hall–Kier alpha value is -1.70. The standard InChI is InChI=1S/C32H52N4OS/c1-7-12-26(13-8-2)21-29(33)31(37)23-36(35-38-24-32(4,5)6)22-25(3)17-18-28(20-27-14-11-15-27)30-16-9-10-19-34-30/h7,9-10,16-20,26-27,29,31,35,37H,1,3,8,11-15,21-24,33H2,2,4-6H3/b18-17-,28-20+. The molecular weight excluding hydrogens is 488 g/mol. The van der Waals surface area contributed by atoms with E-state index < -0.39 is 6.10 Å². The molecule has 0 aliphatic heterocycles. The summed E-state index contributed by atoms with van der Waals surface area (Å²) in [6, 6.07) is 5.75. The van der Waals surface area contributed by atoms with Crippen molar-refractivity contribution in [3.05, 3.63) is 73.1 Å². The van der Waals surface area contributed by atoms with Gasteiger partial charge in [0.1, 0.15) is 0 Å². The first-order chi connectivity index (χ1) is 18.1. The maximum atomic E-state index is 11.0. The van der Waals surface area contributed by atoms with E-state index in [9.17, 15) is 5.11 Å². The van der Waals surface area contributed by atoms with Crippen LogP contribution in [0.15, 0.2) is 67.4 Å². The van der Waals surface area contributed by atoms with Crippen LogP contribution in [0.4, 0.5) is 0 Å². The molecule has 38 heavy (non-hydrogen) atoms. The lowest BCUT2D eigenvalue weighted by molar-refractivity contribution is 0.0795. The van der Waals surface area contributed by atoms with Gasteiger partial charge in [0.25, 0.3) is 0 Å². The number of aromatic nitrogens is 1. The number of rotatable bonds is 18. The second-order valence-electron chi connectivity index (χ2n) is 12.0. The van der Waals surface area contributed by atoms with Gasteiger partial charge in [-0.1, -0.05) is 95.9 Å². The van der Waals surface area contributed by atoms with Crippen LogP contribution in [0.3, 0.4) is 0 Å². The van der Waals surface area contributed by atoms with Crippen LogP contribution < -0.4 is 10.6 Å². The van der Waals surface area contributed by atoms with Crippen molar-refractivity contribution in [2.45, 2.75) is 84.8 Å². The van der Waals surface area contributed by atoms with Crippen molar-refractivity contribution in [3.63, 3.8) is 0 Å². The third kappa shape index (κ3) is 12.9. The monoisotopic (exact) mass is 540 g/mol. The zero-order chi connectivity index (χ0) is 28.0. The smallest absolute Gasteiger partial charge is 0.0832 e. The molecule has 1 fully saturated rings. The van der Waals surface area contributed by atoms with E-state index in [1.165, 1.54) is 19.3 Å². The van der Waals surface area contributed by atoms with Gasteiger partial charge >= 0.3 is 0 Å². The number of nitrogens with one attached hydrogen (secondary N) is 1. The minimum absolute atomic E-state index is 0.192. The molecule has 6 heteroatoms. The van der Waals surface area contributed by atoms with E-state index in [2.05, 4.69) is 75.0 Å². The van der Waals surface area contributed by atoms with Gasteiger partial charge in [-0.15, -0.1) is 6.58 Å². The molecule has 0 saturated heterocycles. The predicted molar refractivity (Wildman–Crippen MR) is 166 cm³/mol. The summed E-state index contributed by atoms with van der Waals surface area (Å²) in [5.41, 5.74) is 9.77. The number of aliphatic hydroxyl groups is 1. The SMILES string of the molecule is C=CCC(CCC)CC(N)C(O)CN(CC(=C)/C=C\C(=C/C1CCC1)c1ccccn1)NSCC(C)(C)C. The summed E-state index contributed by atoms with van der Waals surface area (Å²) in [7, 11) is 0. The molecule has 1 saturated carbocycles. The topological polar surface area (TPSA) is 74.4 Å². The summed E-state index contributed by atoms with van der Waals surface area (Å²) in [6.07, 6.45) is 17.5. The number of nitrogens with zero attached hydrogens (tertiary/aromatic N) is 2. The van der Waals surface area contributed by atoms with E-state index in [4.69, 9.17) is 5.73 Å². The van der Waals surface area contributed by atoms with E-state index in [1.54, 1.807) is 11.9 Å². The molecule has 3 unspecified atom stereocenters. The molecule has 1 aliphatic rings. The van der Waals surface area contributed by atoms with E-state index >= 15 is 0 Å². The Kier molecular flexibility index (Phi) is 14.6. The molecule has 0 aromatic carbocycles. The Morgan fingerprint density at radius 3 is 2.66 bits per heavy atom. The number of hydrogen-bond donors (Lipinski definition) is 3. The van der Waals surface area contributed by atoms with E-state index in [-0.39, 0.29) is 11.5 Å². The van der Waals surface area contributed by atoms with E-state index in [1.807, 2.05) is 29.4 Å². The fraction of sp³-hybridized carbons (Fsp3) is 0.594. The molecule has 0 bridgehead atoms. The molecule has 1 aliphatic carbocycles. The third-order valence-corrected chi connectivity index (χ3v) is 8.22. The van der Waals surface area contributed by atoms with Crippen LogP contribution in [0.5, 0.6) is 0 Å². The van der Waals surface area contributed by atoms with Crippen LogP contribution in [0, 0.1) is 17.3 Å². The van der Waals surface area contributed by atoms with Gasteiger partial charge in [0, 0.05) is 31.1 Å². The lowest BCUT2D eigenvalue weighted by Crippen LogP contribution is -2.48. The minimum Gasteiger partial charge on any atom is -0.390 e. The maximum absolute atomic E-state index is 11.0. The molecule has 0 spiro atoms. The Balaban J connectivity index is 2.06. The second-order valence-corrected chi connectivity index (χ2v) is 12.7. The van der Waals surface area contributed by atoms with Gasteiger partial charge in [-0.05, 0) is 66.2 Å². The normalized spacial score (nSPS) is 17.4. The molecular formula is C32H52N4OS. The Morgan fingerprint density at radius 1 is 1.32 bits per heavy atom. The molecule has 0 radical (unpaired) electrons. The van der Waals surface area contributed by atoms with Gasteiger partial charge in [-0.2, -0.15) is 4.83 Å². The molecule has 212 valence electrons. The first-order valence-corrected chi connectivity index (χ1v) is 15.3. The summed E-state index contributed by atoms with van der Waals surface area (Å²) in [5, 5.41) is 13.1. The molecule has 1 heterocycles. The van der Waals surface area contributed by atoms with Crippen LogP contribution in [0.2, 0.25) is 0 Å². The second kappa shape index (κ2) is 17.1. The van der Waals surface area contributed by atoms with Gasteiger partial charge in [0.2, 0.25) is 0 Å². The zero-order valence-corrected chi connectivity index (χ0v) is 25.1. The summed E-state index contributed by atoms with van der Waals surface area (Å²) in [5.74, 6) is 2.04. The number of allylic oxidation sites excluding steroid dienone is 4. The van der Waals surface area contributed by atoms with Crippen molar-refractivity contribution in [1.82, 2.24) is 14.8 Å². The van der Waals surface area contributed by atoms with Gasteiger partial charge in [0.15, 0.2) is 0 Å². The van der Waals surface area contributed by atoms with Crippen LogP contribution in [-0.2, 0) is 0 Å². The average molecular weight is 541 g/mol. The van der Waals surface area contributed by atoms with Crippen molar-refractivity contribution < 1.29 is 5.11 Å². The number of nitrogens with two attached hydrogens (primary N) is 1. The molecule has 0 amide bonds. The Labute approximate surface area is 236 Å². The highest BCUT2D eigenvalue weighted by molar-refractivity contribution is 7.97. The van der Waals surface area contributed by atoms with Crippen molar-refractivity contribution in [1.29, 1.82) is 0 Å². The summed E-state index contributed by atoms with van der Waals surface area (Å²) in [4.78, 5) is 8.04. The van der Waals surface area contributed by atoms with Crippen molar-refractivity contribution in [2.75, 3.05) is 18.8 Å². The lowest BCUT2D eigenvalue weighted by atomic mass is 9.83. The lowest BCUT2D eigenvalue weighted by Gasteiger charge is -2.30. The number of aliphatic hydroxyl groups excluding tert-OH is 1. The fourth-order valence-corrected chi connectivity index (χ4v) is 5.30. The number of hydrogen-bond acceptors (Lipinski definition) is 6. The highest BCUT2D eigenvalue weighted by atomic mass is 32.2. The van der Waals surface area contributed by atoms with Gasteiger partial charge in [-0.3, -0.25) is 4.98 Å². The van der Waals surface area contributed by atoms with Crippen molar-refractivity contribution in [3.8, 4) is 0 Å². The Morgan fingerprint density at radius 2 is 2.08 bits per heavy atom. The molecule has 1 aromatic rings. The largest absolute Gasteiger partial charge is 0.390 e. The molecule has 1 aromatic heterocycles. The first-order valence-electron chi connectivity index (χ1n) is 14.3. The summed E-state index contributed by atoms with van der Waals surface area (Å²) < 4.78 is 0. The third-order valence-electron chi connectivity index (χ3n) is 6.82. The summed E-state index contributed by atoms with van der Waals surface area (Å²) in [6.45, 7) is 18.1. The minimum atomic E-state index is -0.638. The fourth-order valence-electron chi connectivity index (χ4n) is 4.48. The van der Waals surface area contributed by atoms with Crippen LogP contribution in [-0.4, -0.2) is 46.1 Å². The number of pyridine rings is 1. The molecule has 4 N–H and O–H groups in total. The first kappa shape index (κ1) is 32.5. The van der Waals surface area contributed by atoms with Gasteiger partial charge in [0.05, 0.1) is 11.8 Å². The van der Waals surface area contributed by atoms with Crippen LogP contribution in [0.1, 0.15) is 78.3 Å². The van der Waals surface area contributed by atoms with Crippen molar-refractivity contribution in [2.24, 2.45) is 23.0 Å². The maximum Gasteiger partial charge on any atom is 0.0832 e. The van der Waals surface area contributed by atoms with Crippen LogP contribution in [0.25, 0.3) is 5.57 Å². The Bertz CT molecular complexity index is 888. The molecule has 3 atom stereocenters. The highest BCUT2D eigenvalue weighted by Crippen LogP contribution is 2.31. The average Bonchev–Trinajstić information content (AvgIpc) is 2.83. The van der Waals surface area contributed by atoms with Crippen molar-refractivity contribution >= 4 is 17.5 Å². The van der Waals surface area contributed by atoms with Gasteiger partial charge < -0.3 is 10.8 Å². The quantitative estimate of drug-likeness (QED) is 0.0810. The van der Waals surface area contributed by atoms with Crippen LogP contribution >= 0.6 is 11.9 Å². The molecule has 2 rings (SSSR count). The highest BCUT2D eigenvalue weighted by Gasteiger charge is 2.23. The van der Waals surface area contributed by atoms with E-state index in [0.717, 1.165) is 48.3 Å². The number of hydrazine groups is 1. The van der Waals surface area contributed by atoms with E-state index in [0.29, 0.717) is 24.9 Å². The summed E-state index contributed by atoms with van der Waals surface area (Å²) >= 11 is 1.66. The molecule has 5 nitrogen and oxygen atoms in total.